The van der Waals surface area contributed by atoms with Crippen LogP contribution < -0.4 is 0 Å². The second-order valence-electron chi connectivity index (χ2n) is 3.75. The molecule has 17 heavy (non-hydrogen) atoms. The number of hydrogen-bond acceptors (Lipinski definition) is 3. The minimum Gasteiger partial charge on any atom is -0.465 e. The lowest BCUT2D eigenvalue weighted by Gasteiger charge is -2.23. The van der Waals surface area contributed by atoms with Crippen molar-refractivity contribution in [3.63, 3.8) is 0 Å². The summed E-state index contributed by atoms with van der Waals surface area (Å²) in [6, 6.07) is 5.47. The van der Waals surface area contributed by atoms with Crippen molar-refractivity contribution in [1.29, 1.82) is 5.26 Å². The Morgan fingerprint density at radius 3 is 2.82 bits per heavy atom. The molecule has 1 amide bonds. The number of nitriles is 1. The molecule has 1 aromatic rings. The third-order valence-electron chi connectivity index (χ3n) is 2.73. The molecule has 0 fully saturated rings. The van der Waals surface area contributed by atoms with Gasteiger partial charge in [-0.25, -0.2) is 9.78 Å². The van der Waals surface area contributed by atoms with Crippen LogP contribution in [0.25, 0.3) is 5.57 Å². The zero-order chi connectivity index (χ0) is 12.3. The van der Waals surface area contributed by atoms with E-state index in [0.29, 0.717) is 25.2 Å². The molecule has 1 N–H and O–H groups in total. The number of pyridine rings is 1. The van der Waals surface area contributed by atoms with Crippen molar-refractivity contribution in [2.24, 2.45) is 0 Å². The highest BCUT2D eigenvalue weighted by atomic mass is 16.4. The Bertz CT molecular complexity index is 499. The first-order chi connectivity index (χ1) is 8.20. The smallest absolute Gasteiger partial charge is 0.407 e. The first-order valence-electron chi connectivity index (χ1n) is 5.24. The van der Waals surface area contributed by atoms with E-state index in [0.717, 1.165) is 11.1 Å². The summed E-state index contributed by atoms with van der Waals surface area (Å²) in [5.41, 5.74) is 2.42. The number of carbonyl (C=O) groups is 1. The topological polar surface area (TPSA) is 77.2 Å². The zero-order valence-electron chi connectivity index (χ0n) is 9.13. The normalized spacial score (nSPS) is 15.0. The van der Waals surface area contributed by atoms with Crippen molar-refractivity contribution in [2.45, 2.75) is 6.42 Å². The Hall–Kier alpha value is -2.35. The third kappa shape index (κ3) is 2.42. The van der Waals surface area contributed by atoms with E-state index in [-0.39, 0.29) is 0 Å². The Balaban J connectivity index is 2.14. The molecule has 5 heteroatoms. The van der Waals surface area contributed by atoms with Crippen LogP contribution in [0.3, 0.4) is 0 Å². The minimum atomic E-state index is -0.891. The fourth-order valence-electron chi connectivity index (χ4n) is 1.76. The van der Waals surface area contributed by atoms with Crippen LogP contribution in [0, 0.1) is 11.3 Å². The van der Waals surface area contributed by atoms with E-state index < -0.39 is 6.09 Å². The minimum absolute atomic E-state index is 0.386. The van der Waals surface area contributed by atoms with Gasteiger partial charge in [-0.1, -0.05) is 12.1 Å². The van der Waals surface area contributed by atoms with Gasteiger partial charge in [-0.3, -0.25) is 0 Å². The molecule has 0 spiro atoms. The van der Waals surface area contributed by atoms with Gasteiger partial charge in [0, 0.05) is 19.3 Å². The molecule has 86 valence electrons. The average Bonchev–Trinajstić information content (AvgIpc) is 2.39. The van der Waals surface area contributed by atoms with E-state index in [4.69, 9.17) is 10.4 Å². The van der Waals surface area contributed by atoms with Crippen LogP contribution in [-0.4, -0.2) is 34.2 Å². The van der Waals surface area contributed by atoms with Gasteiger partial charge < -0.3 is 10.0 Å². The van der Waals surface area contributed by atoms with Crippen molar-refractivity contribution in [1.82, 2.24) is 9.88 Å². The molecular formula is C12H11N3O2. The summed E-state index contributed by atoms with van der Waals surface area (Å²) < 4.78 is 0. The van der Waals surface area contributed by atoms with Crippen LogP contribution in [0.2, 0.25) is 0 Å². The second kappa shape index (κ2) is 4.66. The fourth-order valence-corrected chi connectivity index (χ4v) is 1.76. The van der Waals surface area contributed by atoms with Crippen LogP contribution in [0.15, 0.2) is 24.4 Å². The van der Waals surface area contributed by atoms with Crippen LogP contribution in [0.5, 0.6) is 0 Å². The summed E-state index contributed by atoms with van der Waals surface area (Å²) in [7, 11) is 0. The Kier molecular flexibility index (Phi) is 3.06. The van der Waals surface area contributed by atoms with Crippen molar-refractivity contribution in [2.75, 3.05) is 13.1 Å². The van der Waals surface area contributed by atoms with Crippen molar-refractivity contribution >= 4 is 11.7 Å². The maximum atomic E-state index is 10.7. The molecule has 5 nitrogen and oxygen atoms in total. The third-order valence-corrected chi connectivity index (χ3v) is 2.73. The molecule has 1 aliphatic rings. The summed E-state index contributed by atoms with van der Waals surface area (Å²) in [5.74, 6) is 0. The number of aromatic nitrogens is 1. The van der Waals surface area contributed by atoms with E-state index in [1.54, 1.807) is 12.3 Å². The maximum Gasteiger partial charge on any atom is 0.407 e. The largest absolute Gasteiger partial charge is 0.465 e. The van der Waals surface area contributed by atoms with E-state index in [2.05, 4.69) is 4.98 Å². The molecule has 0 unspecified atom stereocenters. The molecule has 0 saturated heterocycles. The van der Waals surface area contributed by atoms with Crippen LogP contribution in [0.4, 0.5) is 4.79 Å². The molecule has 0 bridgehead atoms. The predicted octanol–water partition coefficient (Wildman–Crippen LogP) is 1.72. The quantitative estimate of drug-likeness (QED) is 0.795. The van der Waals surface area contributed by atoms with Gasteiger partial charge >= 0.3 is 6.09 Å². The van der Waals surface area contributed by atoms with Gasteiger partial charge in [0.15, 0.2) is 0 Å². The predicted molar refractivity (Wildman–Crippen MR) is 61.1 cm³/mol. The molecule has 0 atom stereocenters. The highest BCUT2D eigenvalue weighted by molar-refractivity contribution is 5.71. The summed E-state index contributed by atoms with van der Waals surface area (Å²) in [6.07, 6.45) is 3.33. The number of amides is 1. The maximum absolute atomic E-state index is 10.7. The first kappa shape index (κ1) is 11.1. The standard InChI is InChI=1S/C12H11N3O2/c13-7-11-2-1-10(8-14-11)9-3-5-15(6-4-9)12(16)17/h1-3,8H,4-6H2,(H,16,17). The molecule has 2 heterocycles. The molecule has 0 saturated carbocycles. The van der Waals surface area contributed by atoms with Crippen LogP contribution in [0.1, 0.15) is 17.7 Å². The van der Waals surface area contributed by atoms with E-state index in [1.807, 2.05) is 18.2 Å². The van der Waals surface area contributed by atoms with Crippen LogP contribution in [-0.2, 0) is 0 Å². The first-order valence-corrected chi connectivity index (χ1v) is 5.24. The monoisotopic (exact) mass is 229 g/mol. The van der Waals surface area contributed by atoms with E-state index in [9.17, 15) is 4.79 Å². The van der Waals surface area contributed by atoms with E-state index in [1.165, 1.54) is 4.90 Å². The Labute approximate surface area is 98.6 Å². The number of carboxylic acid groups (broad SMARTS) is 1. The molecule has 2 rings (SSSR count). The van der Waals surface area contributed by atoms with Gasteiger partial charge in [-0.05, 0) is 23.6 Å². The number of nitrogens with zero attached hydrogens (tertiary/aromatic N) is 3. The molecule has 0 aliphatic carbocycles. The van der Waals surface area contributed by atoms with Crippen molar-refractivity contribution < 1.29 is 9.90 Å². The second-order valence-corrected chi connectivity index (χ2v) is 3.75. The summed E-state index contributed by atoms with van der Waals surface area (Å²) in [4.78, 5) is 16.1. The molecule has 0 aromatic carbocycles. The summed E-state index contributed by atoms with van der Waals surface area (Å²) in [5, 5.41) is 17.4. The summed E-state index contributed by atoms with van der Waals surface area (Å²) in [6.45, 7) is 0.909. The Morgan fingerprint density at radius 1 is 1.53 bits per heavy atom. The van der Waals surface area contributed by atoms with Gasteiger partial charge in [0.1, 0.15) is 11.8 Å². The van der Waals surface area contributed by atoms with Gasteiger partial charge in [0.25, 0.3) is 0 Å². The van der Waals surface area contributed by atoms with Gasteiger partial charge in [-0.2, -0.15) is 5.26 Å². The molecule has 0 radical (unpaired) electrons. The van der Waals surface area contributed by atoms with Crippen LogP contribution >= 0.6 is 0 Å². The van der Waals surface area contributed by atoms with Gasteiger partial charge in [-0.15, -0.1) is 0 Å². The Morgan fingerprint density at radius 2 is 2.35 bits per heavy atom. The highest BCUT2D eigenvalue weighted by Gasteiger charge is 2.16. The van der Waals surface area contributed by atoms with Crippen molar-refractivity contribution in [3.8, 4) is 6.07 Å². The SMILES string of the molecule is N#Cc1ccc(C2=CCN(C(=O)O)CC2)cn1. The number of rotatable bonds is 1. The number of hydrogen-bond donors (Lipinski definition) is 1. The van der Waals surface area contributed by atoms with Gasteiger partial charge in [0.2, 0.25) is 0 Å². The lowest BCUT2D eigenvalue weighted by molar-refractivity contribution is 0.150. The molecular weight excluding hydrogens is 218 g/mol. The lowest BCUT2D eigenvalue weighted by Crippen LogP contribution is -2.33. The lowest BCUT2D eigenvalue weighted by atomic mass is 10.0. The van der Waals surface area contributed by atoms with E-state index >= 15 is 0 Å². The summed E-state index contributed by atoms with van der Waals surface area (Å²) >= 11 is 0. The van der Waals surface area contributed by atoms with Gasteiger partial charge in [0.05, 0.1) is 0 Å². The highest BCUT2D eigenvalue weighted by Crippen LogP contribution is 2.21. The van der Waals surface area contributed by atoms with Crippen molar-refractivity contribution in [3.05, 3.63) is 35.7 Å². The fraction of sp³-hybridized carbons (Fsp3) is 0.250. The zero-order valence-corrected chi connectivity index (χ0v) is 9.13. The molecule has 1 aliphatic heterocycles. The molecule has 1 aromatic heterocycles. The average molecular weight is 229 g/mol.